The molecule has 0 bridgehead atoms. The average molecular weight is 441 g/mol. The van der Waals surface area contributed by atoms with Crippen molar-refractivity contribution < 1.29 is 4.79 Å². The summed E-state index contributed by atoms with van der Waals surface area (Å²) in [6.45, 7) is 7.62. The molecular formula is C28H32N4O. The Morgan fingerprint density at radius 1 is 0.909 bits per heavy atom. The normalized spacial score (nSPS) is 16.7. The number of rotatable bonds is 4. The number of aryl methyl sites for hydroxylation is 1. The van der Waals surface area contributed by atoms with Gasteiger partial charge in [0.05, 0.1) is 18.2 Å². The van der Waals surface area contributed by atoms with Gasteiger partial charge >= 0.3 is 0 Å². The predicted octanol–water partition coefficient (Wildman–Crippen LogP) is 4.74. The van der Waals surface area contributed by atoms with E-state index in [0.29, 0.717) is 13.1 Å². The van der Waals surface area contributed by atoms with Gasteiger partial charge in [-0.15, -0.1) is 0 Å². The van der Waals surface area contributed by atoms with E-state index in [1.165, 1.54) is 12.8 Å². The summed E-state index contributed by atoms with van der Waals surface area (Å²) in [6.07, 6.45) is 3.15. The number of amides is 1. The van der Waals surface area contributed by atoms with Crippen LogP contribution in [-0.2, 0) is 17.8 Å². The van der Waals surface area contributed by atoms with Gasteiger partial charge in [-0.1, -0.05) is 67.6 Å². The molecule has 2 aliphatic rings. The molecule has 0 aliphatic carbocycles. The van der Waals surface area contributed by atoms with E-state index in [9.17, 15) is 4.79 Å². The average Bonchev–Trinajstić information content (AvgIpc) is 2.85. The zero-order valence-corrected chi connectivity index (χ0v) is 19.6. The van der Waals surface area contributed by atoms with Crippen LogP contribution < -0.4 is 4.90 Å². The minimum absolute atomic E-state index is 0.150. The van der Waals surface area contributed by atoms with E-state index in [-0.39, 0.29) is 11.8 Å². The Balaban J connectivity index is 1.47. The lowest BCUT2D eigenvalue weighted by molar-refractivity contribution is -0.132. The lowest BCUT2D eigenvalue weighted by Crippen LogP contribution is -2.42. The molecule has 0 unspecified atom stereocenters. The third-order valence-electron chi connectivity index (χ3n) is 7.06. The molecule has 3 aromatic rings. The number of piperidine rings is 1. The standard InChI is InChI=1S/C28H32N4O/c1-20-13-16-31(17-14-20)27-24-19-32(18-15-25(24)29-21(2)30-27)28(33)26(22-9-5-3-6-10-22)23-11-7-4-8-12-23/h3-12,20,26H,13-19H2,1-2H3. The van der Waals surface area contributed by atoms with Gasteiger partial charge in [-0.25, -0.2) is 9.97 Å². The lowest BCUT2D eigenvalue weighted by Gasteiger charge is -2.37. The highest BCUT2D eigenvalue weighted by Crippen LogP contribution is 2.33. The van der Waals surface area contributed by atoms with Gasteiger partial charge in [0.25, 0.3) is 0 Å². The number of benzene rings is 2. The second-order valence-corrected chi connectivity index (χ2v) is 9.45. The van der Waals surface area contributed by atoms with Crippen LogP contribution in [0.5, 0.6) is 0 Å². The molecule has 33 heavy (non-hydrogen) atoms. The molecule has 3 heterocycles. The van der Waals surface area contributed by atoms with Crippen molar-refractivity contribution in [2.75, 3.05) is 24.5 Å². The van der Waals surface area contributed by atoms with Crippen LogP contribution in [0.2, 0.25) is 0 Å². The molecule has 1 saturated heterocycles. The van der Waals surface area contributed by atoms with Crippen LogP contribution in [0.3, 0.4) is 0 Å². The fraction of sp³-hybridized carbons (Fsp3) is 0.393. The second-order valence-electron chi connectivity index (χ2n) is 9.45. The third-order valence-corrected chi connectivity index (χ3v) is 7.06. The van der Waals surface area contributed by atoms with E-state index in [0.717, 1.165) is 59.5 Å². The van der Waals surface area contributed by atoms with E-state index in [4.69, 9.17) is 9.97 Å². The molecule has 0 saturated carbocycles. The number of aromatic nitrogens is 2. The second kappa shape index (κ2) is 9.34. The van der Waals surface area contributed by atoms with Crippen molar-refractivity contribution >= 4 is 11.7 Å². The lowest BCUT2D eigenvalue weighted by atomic mass is 9.89. The maximum atomic E-state index is 14.0. The monoisotopic (exact) mass is 440 g/mol. The Morgan fingerprint density at radius 3 is 2.12 bits per heavy atom. The highest BCUT2D eigenvalue weighted by Gasteiger charge is 2.32. The summed E-state index contributed by atoms with van der Waals surface area (Å²) in [6, 6.07) is 20.3. The summed E-state index contributed by atoms with van der Waals surface area (Å²) >= 11 is 0. The molecule has 2 aliphatic heterocycles. The van der Waals surface area contributed by atoms with Crippen molar-refractivity contribution in [2.24, 2.45) is 5.92 Å². The minimum Gasteiger partial charge on any atom is -0.356 e. The van der Waals surface area contributed by atoms with Gasteiger partial charge in [-0.3, -0.25) is 4.79 Å². The van der Waals surface area contributed by atoms with E-state index >= 15 is 0 Å². The van der Waals surface area contributed by atoms with Crippen molar-refractivity contribution in [1.29, 1.82) is 0 Å². The number of hydrogen-bond donors (Lipinski definition) is 0. The molecule has 2 aromatic carbocycles. The van der Waals surface area contributed by atoms with E-state index in [1.807, 2.05) is 48.2 Å². The number of hydrogen-bond acceptors (Lipinski definition) is 4. The number of fused-ring (bicyclic) bond motifs is 1. The largest absolute Gasteiger partial charge is 0.356 e. The first-order chi connectivity index (χ1) is 16.1. The van der Waals surface area contributed by atoms with E-state index in [2.05, 4.69) is 36.1 Å². The first-order valence-electron chi connectivity index (χ1n) is 12.1. The molecular weight excluding hydrogens is 408 g/mol. The molecule has 5 nitrogen and oxygen atoms in total. The maximum Gasteiger partial charge on any atom is 0.234 e. The molecule has 1 fully saturated rings. The molecule has 1 aromatic heterocycles. The molecule has 1 amide bonds. The zero-order valence-electron chi connectivity index (χ0n) is 19.6. The SMILES string of the molecule is Cc1nc2c(c(N3CCC(C)CC3)n1)CN(C(=O)C(c1ccccc1)c1ccccc1)CC2. The number of anilines is 1. The summed E-state index contributed by atoms with van der Waals surface area (Å²) in [5.74, 6) is 2.47. The van der Waals surface area contributed by atoms with Crippen LogP contribution >= 0.6 is 0 Å². The fourth-order valence-electron chi connectivity index (χ4n) is 5.14. The summed E-state index contributed by atoms with van der Waals surface area (Å²) in [5, 5.41) is 0. The number of carbonyl (C=O) groups excluding carboxylic acids is 1. The van der Waals surface area contributed by atoms with Gasteiger partial charge in [0, 0.05) is 31.6 Å². The summed E-state index contributed by atoms with van der Waals surface area (Å²) in [7, 11) is 0. The quantitative estimate of drug-likeness (QED) is 0.588. The molecule has 0 N–H and O–H groups in total. The highest BCUT2D eigenvalue weighted by atomic mass is 16.2. The highest BCUT2D eigenvalue weighted by molar-refractivity contribution is 5.87. The Morgan fingerprint density at radius 2 is 1.52 bits per heavy atom. The van der Waals surface area contributed by atoms with Gasteiger partial charge in [0.15, 0.2) is 0 Å². The van der Waals surface area contributed by atoms with Crippen molar-refractivity contribution in [3.05, 3.63) is 88.9 Å². The van der Waals surface area contributed by atoms with Crippen molar-refractivity contribution in [2.45, 2.75) is 45.6 Å². The Kier molecular flexibility index (Phi) is 6.12. The summed E-state index contributed by atoms with van der Waals surface area (Å²) in [4.78, 5) is 28.0. The molecule has 5 rings (SSSR count). The van der Waals surface area contributed by atoms with Gasteiger partial charge in [0.1, 0.15) is 11.6 Å². The summed E-state index contributed by atoms with van der Waals surface area (Å²) < 4.78 is 0. The Hall–Kier alpha value is -3.21. The number of carbonyl (C=O) groups is 1. The fourth-order valence-corrected chi connectivity index (χ4v) is 5.14. The van der Waals surface area contributed by atoms with Crippen LogP contribution in [0.25, 0.3) is 0 Å². The summed E-state index contributed by atoms with van der Waals surface area (Å²) in [5.41, 5.74) is 4.31. The Labute approximate surface area is 196 Å². The van der Waals surface area contributed by atoms with Crippen LogP contribution in [0.15, 0.2) is 60.7 Å². The van der Waals surface area contributed by atoms with E-state index in [1.54, 1.807) is 0 Å². The maximum absolute atomic E-state index is 14.0. The molecule has 170 valence electrons. The minimum atomic E-state index is -0.306. The molecule has 0 spiro atoms. The first-order valence-corrected chi connectivity index (χ1v) is 12.1. The van der Waals surface area contributed by atoms with Crippen LogP contribution in [0.1, 0.15) is 53.9 Å². The van der Waals surface area contributed by atoms with Crippen molar-refractivity contribution in [3.8, 4) is 0 Å². The topological polar surface area (TPSA) is 49.3 Å². The molecule has 0 atom stereocenters. The number of nitrogens with zero attached hydrogens (tertiary/aromatic N) is 4. The van der Waals surface area contributed by atoms with E-state index < -0.39 is 0 Å². The Bertz CT molecular complexity index is 1070. The molecule has 0 radical (unpaired) electrons. The van der Waals surface area contributed by atoms with Crippen LogP contribution in [0, 0.1) is 12.8 Å². The predicted molar refractivity (Wildman–Crippen MR) is 131 cm³/mol. The van der Waals surface area contributed by atoms with Gasteiger partial charge in [-0.05, 0) is 36.8 Å². The zero-order chi connectivity index (χ0) is 22.8. The van der Waals surface area contributed by atoms with Crippen molar-refractivity contribution in [1.82, 2.24) is 14.9 Å². The van der Waals surface area contributed by atoms with Gasteiger partial charge < -0.3 is 9.80 Å². The van der Waals surface area contributed by atoms with Crippen LogP contribution in [0.4, 0.5) is 5.82 Å². The van der Waals surface area contributed by atoms with Crippen LogP contribution in [-0.4, -0.2) is 40.4 Å². The smallest absolute Gasteiger partial charge is 0.234 e. The van der Waals surface area contributed by atoms with Crippen molar-refractivity contribution in [3.63, 3.8) is 0 Å². The van der Waals surface area contributed by atoms with Gasteiger partial charge in [0.2, 0.25) is 5.91 Å². The first kappa shape index (κ1) is 21.6. The van der Waals surface area contributed by atoms with Gasteiger partial charge in [-0.2, -0.15) is 0 Å². The molecule has 5 heteroatoms. The third kappa shape index (κ3) is 4.50.